The molecule has 0 atom stereocenters. The molecule has 1 N–H and O–H groups in total. The van der Waals surface area contributed by atoms with Crippen molar-refractivity contribution in [3.05, 3.63) is 57.0 Å². The van der Waals surface area contributed by atoms with Gasteiger partial charge in [0.15, 0.2) is 0 Å². The first-order valence-electron chi connectivity index (χ1n) is 5.90. The number of rotatable bonds is 4. The van der Waals surface area contributed by atoms with Crippen LogP contribution >= 0.6 is 27.5 Å². The van der Waals surface area contributed by atoms with Crippen LogP contribution in [0.5, 0.6) is 5.75 Å². The summed E-state index contributed by atoms with van der Waals surface area (Å²) in [6, 6.07) is 13.1. The largest absolute Gasteiger partial charge is 0.496 e. The van der Waals surface area contributed by atoms with Crippen molar-refractivity contribution < 1.29 is 4.74 Å². The summed E-state index contributed by atoms with van der Waals surface area (Å²) in [5, 5.41) is 12.7. The van der Waals surface area contributed by atoms with Gasteiger partial charge in [-0.25, -0.2) is 0 Å². The number of benzene rings is 2. The van der Waals surface area contributed by atoms with Gasteiger partial charge in [0.1, 0.15) is 5.75 Å². The van der Waals surface area contributed by atoms with Gasteiger partial charge in [0.2, 0.25) is 0 Å². The van der Waals surface area contributed by atoms with Crippen LogP contribution in [0.15, 0.2) is 40.9 Å². The summed E-state index contributed by atoms with van der Waals surface area (Å²) in [5.74, 6) is 0.784. The van der Waals surface area contributed by atoms with E-state index in [-0.39, 0.29) is 0 Å². The average Bonchev–Trinajstić information content (AvgIpc) is 2.46. The summed E-state index contributed by atoms with van der Waals surface area (Å²) in [6.45, 7) is 0.587. The predicted molar refractivity (Wildman–Crippen MR) is 84.2 cm³/mol. The van der Waals surface area contributed by atoms with E-state index in [0.717, 1.165) is 21.5 Å². The highest BCUT2D eigenvalue weighted by molar-refractivity contribution is 9.10. The Morgan fingerprint density at radius 2 is 2.10 bits per heavy atom. The van der Waals surface area contributed by atoms with Gasteiger partial charge >= 0.3 is 0 Å². The lowest BCUT2D eigenvalue weighted by Gasteiger charge is -2.10. The molecule has 0 aromatic heterocycles. The first-order chi connectivity index (χ1) is 9.63. The lowest BCUT2D eigenvalue weighted by Crippen LogP contribution is -2.00. The number of methoxy groups -OCH3 is 1. The number of halogens is 2. The Balaban J connectivity index is 2.09. The van der Waals surface area contributed by atoms with E-state index in [9.17, 15) is 0 Å². The Kier molecular flexibility index (Phi) is 4.89. The van der Waals surface area contributed by atoms with E-state index in [1.54, 1.807) is 19.2 Å². The van der Waals surface area contributed by atoms with E-state index in [1.165, 1.54) is 0 Å². The maximum absolute atomic E-state index is 8.80. The molecule has 0 spiro atoms. The third kappa shape index (κ3) is 3.44. The molecule has 0 aliphatic rings. The lowest BCUT2D eigenvalue weighted by atomic mass is 10.1. The molecule has 3 nitrogen and oxygen atoms in total. The van der Waals surface area contributed by atoms with Gasteiger partial charge in [-0.15, -0.1) is 0 Å². The molecular weight excluding hydrogens is 340 g/mol. The number of nitrogens with zero attached hydrogens (tertiary/aromatic N) is 1. The van der Waals surface area contributed by atoms with Crippen molar-refractivity contribution in [2.45, 2.75) is 6.54 Å². The van der Waals surface area contributed by atoms with E-state index in [2.05, 4.69) is 27.3 Å². The third-order valence-corrected chi connectivity index (χ3v) is 3.79. The zero-order valence-corrected chi connectivity index (χ0v) is 13.1. The highest BCUT2D eigenvalue weighted by Gasteiger charge is 2.04. The fraction of sp³-hybridized carbons (Fsp3) is 0.133. The van der Waals surface area contributed by atoms with Crippen molar-refractivity contribution in [2.24, 2.45) is 0 Å². The molecule has 5 heteroatoms. The molecule has 0 bridgehead atoms. The Labute approximate surface area is 131 Å². The van der Waals surface area contributed by atoms with Crippen molar-refractivity contribution in [1.82, 2.24) is 0 Å². The quantitative estimate of drug-likeness (QED) is 0.876. The minimum atomic E-state index is 0.561. The van der Waals surface area contributed by atoms with Crippen molar-refractivity contribution in [2.75, 3.05) is 12.4 Å². The Bertz CT molecular complexity index is 667. The number of hydrogen-bond acceptors (Lipinski definition) is 3. The monoisotopic (exact) mass is 350 g/mol. The van der Waals surface area contributed by atoms with E-state index >= 15 is 0 Å². The molecule has 2 aromatic rings. The van der Waals surface area contributed by atoms with Gasteiger partial charge in [0, 0.05) is 17.3 Å². The fourth-order valence-electron chi connectivity index (χ4n) is 1.73. The first kappa shape index (κ1) is 14.7. The summed E-state index contributed by atoms with van der Waals surface area (Å²) in [4.78, 5) is 0. The van der Waals surface area contributed by atoms with Crippen LogP contribution in [0.4, 0.5) is 5.69 Å². The van der Waals surface area contributed by atoms with Crippen LogP contribution in [-0.2, 0) is 6.54 Å². The molecule has 0 amide bonds. The zero-order chi connectivity index (χ0) is 14.5. The van der Waals surface area contributed by atoms with Crippen molar-refractivity contribution in [1.29, 1.82) is 5.26 Å². The van der Waals surface area contributed by atoms with Crippen molar-refractivity contribution >= 4 is 33.2 Å². The molecule has 0 heterocycles. The fourth-order valence-corrected chi connectivity index (χ4v) is 2.52. The third-order valence-electron chi connectivity index (χ3n) is 2.82. The van der Waals surface area contributed by atoms with E-state index in [0.29, 0.717) is 17.1 Å². The topological polar surface area (TPSA) is 45.0 Å². The Hall–Kier alpha value is -1.70. The maximum atomic E-state index is 8.80. The number of ether oxygens (including phenoxy) is 1. The van der Waals surface area contributed by atoms with Crippen molar-refractivity contribution in [3.8, 4) is 11.8 Å². The Morgan fingerprint density at radius 1 is 1.30 bits per heavy atom. The molecule has 102 valence electrons. The van der Waals surface area contributed by atoms with Gasteiger partial charge in [-0.2, -0.15) is 5.26 Å². The van der Waals surface area contributed by atoms with Crippen LogP contribution in [0.2, 0.25) is 5.02 Å². The van der Waals surface area contributed by atoms with E-state index in [4.69, 9.17) is 21.6 Å². The number of nitrogens with one attached hydrogen (secondary N) is 1. The van der Waals surface area contributed by atoms with Gasteiger partial charge < -0.3 is 10.1 Å². The van der Waals surface area contributed by atoms with Crippen LogP contribution in [0.25, 0.3) is 0 Å². The maximum Gasteiger partial charge on any atom is 0.133 e. The minimum absolute atomic E-state index is 0.561. The standard InChI is InChI=1S/C15H12BrClN2O/c1-20-15-5-4-12(7-13(15)16)19-9-11-3-2-10(8-18)6-14(11)17/h2-7,19H,9H2,1H3. The zero-order valence-electron chi connectivity index (χ0n) is 10.8. The van der Waals surface area contributed by atoms with Gasteiger partial charge in [-0.05, 0) is 51.8 Å². The molecule has 0 saturated carbocycles. The molecule has 0 fully saturated rings. The highest BCUT2D eigenvalue weighted by Crippen LogP contribution is 2.28. The molecule has 0 unspecified atom stereocenters. The predicted octanol–water partition coefficient (Wildman–Crippen LogP) is 4.59. The minimum Gasteiger partial charge on any atom is -0.496 e. The number of nitriles is 1. The summed E-state index contributed by atoms with van der Waals surface area (Å²) in [6.07, 6.45) is 0. The van der Waals surface area contributed by atoms with Crippen LogP contribution < -0.4 is 10.1 Å². The molecular formula is C15H12BrClN2O. The van der Waals surface area contributed by atoms with Gasteiger partial charge in [-0.3, -0.25) is 0 Å². The number of hydrogen-bond donors (Lipinski definition) is 1. The summed E-state index contributed by atoms with van der Waals surface area (Å²) < 4.78 is 6.07. The second-order valence-electron chi connectivity index (χ2n) is 4.12. The lowest BCUT2D eigenvalue weighted by molar-refractivity contribution is 0.412. The van der Waals surface area contributed by atoms with Gasteiger partial charge in [-0.1, -0.05) is 17.7 Å². The van der Waals surface area contributed by atoms with Crippen LogP contribution in [0, 0.1) is 11.3 Å². The molecule has 0 aliphatic heterocycles. The van der Waals surface area contributed by atoms with E-state index < -0.39 is 0 Å². The molecule has 0 saturated heterocycles. The summed E-state index contributed by atoms with van der Waals surface area (Å²) >= 11 is 9.57. The number of anilines is 1. The second-order valence-corrected chi connectivity index (χ2v) is 5.38. The van der Waals surface area contributed by atoms with Crippen LogP contribution in [0.3, 0.4) is 0 Å². The molecule has 2 aromatic carbocycles. The van der Waals surface area contributed by atoms with E-state index in [1.807, 2.05) is 24.3 Å². The highest BCUT2D eigenvalue weighted by atomic mass is 79.9. The summed E-state index contributed by atoms with van der Waals surface area (Å²) in [5.41, 5.74) is 2.46. The molecule has 0 aliphatic carbocycles. The average molecular weight is 352 g/mol. The second kappa shape index (κ2) is 6.65. The Morgan fingerprint density at radius 3 is 2.70 bits per heavy atom. The summed E-state index contributed by atoms with van der Waals surface area (Å²) in [7, 11) is 1.63. The van der Waals surface area contributed by atoms with Crippen molar-refractivity contribution in [3.63, 3.8) is 0 Å². The molecule has 0 radical (unpaired) electrons. The van der Waals surface area contributed by atoms with Crippen LogP contribution in [-0.4, -0.2) is 7.11 Å². The van der Waals surface area contributed by atoms with Crippen LogP contribution in [0.1, 0.15) is 11.1 Å². The molecule has 2 rings (SSSR count). The van der Waals surface area contributed by atoms with Gasteiger partial charge in [0.05, 0.1) is 23.2 Å². The molecule has 20 heavy (non-hydrogen) atoms. The van der Waals surface area contributed by atoms with Gasteiger partial charge in [0.25, 0.3) is 0 Å². The normalized spacial score (nSPS) is 9.90. The first-order valence-corrected chi connectivity index (χ1v) is 7.07. The SMILES string of the molecule is COc1ccc(NCc2ccc(C#N)cc2Cl)cc1Br. The smallest absolute Gasteiger partial charge is 0.133 e.